The van der Waals surface area contributed by atoms with Crippen molar-refractivity contribution in [2.24, 2.45) is 0 Å². The van der Waals surface area contributed by atoms with E-state index in [9.17, 15) is 0 Å². The van der Waals surface area contributed by atoms with E-state index in [1.165, 1.54) is 158 Å². The average molecular weight is 1930 g/mol. The largest absolute Gasteiger partial charge is 0.456 e. The van der Waals surface area contributed by atoms with Gasteiger partial charge in [0.05, 0.1) is 49.8 Å². The highest BCUT2D eigenvalue weighted by Crippen LogP contribution is 2.64. The number of aromatic nitrogens is 6. The van der Waals surface area contributed by atoms with Crippen molar-refractivity contribution in [2.45, 2.75) is 56.8 Å². The maximum atomic E-state index is 6.60. The predicted octanol–water partition coefficient (Wildman–Crippen LogP) is 37.7. The van der Waals surface area contributed by atoms with E-state index in [1.807, 2.05) is 11.3 Å². The van der Waals surface area contributed by atoms with Crippen LogP contribution in [0.15, 0.2) is 458 Å². The van der Waals surface area contributed by atoms with E-state index in [1.54, 1.807) is 0 Å². The maximum absolute atomic E-state index is 6.60. The molecule has 0 saturated carbocycles. The second-order valence-electron chi connectivity index (χ2n) is 41.4. The first-order valence-electron chi connectivity index (χ1n) is 52.0. The Balaban J connectivity index is 0.000000102. The molecule has 33 rings (SSSR count). The molecule has 23 aromatic carbocycles. The van der Waals surface area contributed by atoms with Gasteiger partial charge in [-0.1, -0.05) is 373 Å². The summed E-state index contributed by atoms with van der Waals surface area (Å²) in [6.07, 6.45) is 2.15. The van der Waals surface area contributed by atoms with Crippen molar-refractivity contribution in [1.29, 1.82) is 0 Å². The smallest absolute Gasteiger partial charge is 0.160 e. The van der Waals surface area contributed by atoms with Crippen LogP contribution in [0.4, 0.5) is 0 Å². The number of nitrogens with zero attached hydrogens (tertiary/aromatic N) is 6. The molecule has 702 valence electrons. The summed E-state index contributed by atoms with van der Waals surface area (Å²) in [6, 6.07) is 163. The Bertz CT molecular complexity index is 10900. The first kappa shape index (κ1) is 85.8. The van der Waals surface area contributed by atoms with Crippen LogP contribution in [0.3, 0.4) is 0 Å². The third-order valence-electron chi connectivity index (χ3n) is 33.4. The number of thiophene rings is 1. The molecule has 0 radical (unpaired) electrons. The maximum Gasteiger partial charge on any atom is 0.160 e. The van der Waals surface area contributed by atoms with Gasteiger partial charge in [-0.25, -0.2) is 29.9 Å². The highest BCUT2D eigenvalue weighted by Gasteiger charge is 2.52. The van der Waals surface area contributed by atoms with E-state index >= 15 is 0 Å². The van der Waals surface area contributed by atoms with Crippen LogP contribution >= 0.6 is 11.3 Å². The molecule has 0 atom stereocenters. The predicted molar refractivity (Wildman–Crippen MR) is 624 cm³/mol. The number of benzene rings is 23. The second kappa shape index (κ2) is 32.7. The summed E-state index contributed by atoms with van der Waals surface area (Å²) in [6.45, 7) is 9.28. The lowest BCUT2D eigenvalue weighted by atomic mass is 9.70. The van der Waals surface area contributed by atoms with Gasteiger partial charge in [0.25, 0.3) is 0 Å². The zero-order valence-corrected chi connectivity index (χ0v) is 83.4. The zero-order chi connectivity index (χ0) is 99.1. The van der Waals surface area contributed by atoms with E-state index in [4.69, 9.17) is 38.7 Å². The molecule has 0 saturated heterocycles. The second-order valence-corrected chi connectivity index (χ2v) is 42.5. The number of fused-ring (bicyclic) bond motifs is 37. The molecule has 0 fully saturated rings. The molecule has 0 bridgehead atoms. The molecule has 4 aliphatic carbocycles. The van der Waals surface area contributed by atoms with E-state index in [2.05, 4.69) is 477 Å². The van der Waals surface area contributed by atoms with E-state index in [-0.39, 0.29) is 10.8 Å². The van der Waals surface area contributed by atoms with Crippen molar-refractivity contribution >= 4 is 173 Å². The van der Waals surface area contributed by atoms with Crippen molar-refractivity contribution in [2.75, 3.05) is 0 Å². The molecule has 150 heavy (non-hydrogen) atoms. The van der Waals surface area contributed by atoms with Crippen LogP contribution < -0.4 is 0 Å². The highest BCUT2D eigenvalue weighted by molar-refractivity contribution is 7.26. The van der Waals surface area contributed by atoms with Crippen LogP contribution in [0.25, 0.3) is 274 Å². The Morgan fingerprint density at radius 2 is 0.567 bits per heavy atom. The molecular weight excluding hydrogens is 1840 g/mol. The van der Waals surface area contributed by atoms with Crippen molar-refractivity contribution in [3.63, 3.8) is 0 Å². The highest BCUT2D eigenvalue weighted by atomic mass is 32.1. The first-order valence-corrected chi connectivity index (χ1v) is 52.8. The third kappa shape index (κ3) is 12.7. The van der Waals surface area contributed by atoms with Gasteiger partial charge in [0.1, 0.15) is 22.3 Å². The van der Waals surface area contributed by atoms with Gasteiger partial charge in [-0.2, -0.15) is 0 Å². The zero-order valence-electron chi connectivity index (χ0n) is 82.5. The summed E-state index contributed by atoms with van der Waals surface area (Å²) >= 11 is 1.85. The van der Waals surface area contributed by atoms with Crippen molar-refractivity contribution < 1.29 is 8.83 Å². The molecule has 0 unspecified atom stereocenters. The summed E-state index contributed by atoms with van der Waals surface area (Å²) in [5, 5.41) is 24.1. The first-order chi connectivity index (χ1) is 73.9. The monoisotopic (exact) mass is 1930 g/mol. The van der Waals surface area contributed by atoms with Crippen LogP contribution in [0.5, 0.6) is 0 Å². The summed E-state index contributed by atoms with van der Waals surface area (Å²) in [5.41, 5.74) is 35.9. The lowest BCUT2D eigenvalue weighted by Gasteiger charge is -2.30. The number of hydrogen-bond donors (Lipinski definition) is 0. The summed E-state index contributed by atoms with van der Waals surface area (Å²) in [7, 11) is 0. The van der Waals surface area contributed by atoms with Gasteiger partial charge in [-0.3, -0.25) is 0 Å². The number of rotatable bonds is 8. The molecule has 0 amide bonds. The summed E-state index contributed by atoms with van der Waals surface area (Å²) < 4.78 is 15.6. The Kier molecular flexibility index (Phi) is 18.7. The molecule has 1 spiro atoms. The van der Waals surface area contributed by atoms with Crippen LogP contribution in [-0.4, -0.2) is 29.9 Å². The lowest BCUT2D eigenvalue weighted by Crippen LogP contribution is -2.25. The molecule has 9 heteroatoms. The van der Waals surface area contributed by atoms with Gasteiger partial charge in [0, 0.05) is 91.3 Å². The van der Waals surface area contributed by atoms with Gasteiger partial charge >= 0.3 is 0 Å². The Morgan fingerprint density at radius 1 is 0.207 bits per heavy atom. The molecule has 0 N–H and O–H groups in total. The van der Waals surface area contributed by atoms with Gasteiger partial charge < -0.3 is 8.83 Å². The fraction of sp³-hybridized carbons (Fsp3) is 0.0638. The van der Waals surface area contributed by atoms with Gasteiger partial charge in [-0.05, 0) is 270 Å². The minimum absolute atomic E-state index is 0.0372. The number of hydrogen-bond acceptors (Lipinski definition) is 9. The van der Waals surface area contributed by atoms with Crippen LogP contribution in [0.1, 0.15) is 85.0 Å². The van der Waals surface area contributed by atoms with Crippen LogP contribution in [-0.2, 0) is 16.2 Å². The van der Waals surface area contributed by atoms with Crippen molar-refractivity contribution in [3.05, 3.63) is 493 Å². The SMILES string of the molecule is CC1(C)c2ccccc2-c2ccc(-c3nc(-c4ccc5ccccc5c4)c4ccc5oc6cc7ccccc7cc6c5c4n3)cc21.CCC1(CC)c2ccccc2-c2cc(-c3nc(-c4ccc5ccccc5c4)c4ccc5sc6cc7ccccc7cc6c5c4n3)ccc21.c1ccc2c(c1)-c1ccccc1C21c2ccccc2-c2ccc(-c3nc(-c4cccc5ccccc45)c4ccc5oc6cc7ccccc7cc6c5c4n3)cc21. The molecule has 6 aromatic heterocycles. The van der Waals surface area contributed by atoms with Crippen molar-refractivity contribution in [3.8, 4) is 112 Å². The van der Waals surface area contributed by atoms with Crippen LogP contribution in [0.2, 0.25) is 0 Å². The van der Waals surface area contributed by atoms with E-state index in [0.717, 1.165) is 162 Å². The van der Waals surface area contributed by atoms with Gasteiger partial charge in [0.2, 0.25) is 0 Å². The fourth-order valence-electron chi connectivity index (χ4n) is 26.3. The standard InChI is InChI=1S/C53H30N2O.C45H32N2S.C43H28N2O/c1-2-14-33-30-48-42(28-32(33)13-1)49-47(56-48)27-26-41-50(40-20-11-15-31-12-3-4-16-35(31)40)54-52(55-51(41)49)34-24-25-39-38-19-7-10-23-45(38)53(46(39)29-34)43-21-8-5-17-36(43)37-18-6-9-22-44(37)53;1-3-45(4-2)37-16-10-9-15-33(37)35-25-32(19-21-38(35)45)44-46-42(31-18-17-27-11-5-6-12-28(27)23-31)34-20-22-39-41(43(34)47-44)36-24-29-13-7-8-14-30(29)26-40(36)48-39;1-43(2)35-14-8-7-13-31(35)32-18-17-30(23-36(32)43)42-44-40(29-16-15-25-9-3-4-10-26(25)21-29)33-19-20-37-39(41(33)45-42)34-22-27-11-5-6-12-28(27)24-38(34)46-37/h1-30H;5-26H,3-4H2,1-2H3;3-24H,1-2H3. The van der Waals surface area contributed by atoms with E-state index < -0.39 is 5.41 Å². The third-order valence-corrected chi connectivity index (χ3v) is 34.5. The van der Waals surface area contributed by atoms with Gasteiger partial charge in [0.15, 0.2) is 17.5 Å². The quantitative estimate of drug-likeness (QED) is 0.148. The molecule has 6 heterocycles. The average Bonchev–Trinajstić information content (AvgIpc) is 1.50. The molecule has 4 aliphatic rings. The number of furan rings is 2. The summed E-state index contributed by atoms with van der Waals surface area (Å²) in [4.78, 5) is 32.7. The molecule has 8 nitrogen and oxygen atoms in total. The summed E-state index contributed by atoms with van der Waals surface area (Å²) in [5.74, 6) is 2.17. The fourth-order valence-corrected chi connectivity index (χ4v) is 27.4. The Hall–Kier alpha value is -18.5. The lowest BCUT2D eigenvalue weighted by molar-refractivity contribution is 0.490. The minimum Gasteiger partial charge on any atom is -0.456 e. The van der Waals surface area contributed by atoms with Crippen LogP contribution in [0, 0.1) is 0 Å². The van der Waals surface area contributed by atoms with E-state index in [0.29, 0.717) is 11.6 Å². The molecule has 0 aliphatic heterocycles. The Morgan fingerprint density at radius 3 is 1.09 bits per heavy atom. The molecular formula is C141H90N6O2S. The van der Waals surface area contributed by atoms with Crippen molar-refractivity contribution in [1.82, 2.24) is 29.9 Å². The topological polar surface area (TPSA) is 104 Å². The van der Waals surface area contributed by atoms with Gasteiger partial charge in [-0.15, -0.1) is 11.3 Å². The minimum atomic E-state index is -0.459. The molecule has 29 aromatic rings. The normalized spacial score (nSPS) is 13.5. The Labute approximate surface area is 867 Å².